The summed E-state index contributed by atoms with van der Waals surface area (Å²) in [6, 6.07) is 0. The highest BCUT2D eigenvalue weighted by atomic mass is 16.5. The van der Waals surface area contributed by atoms with Gasteiger partial charge < -0.3 is 4.74 Å². The molecule has 140 valence electrons. The minimum atomic E-state index is -0.129. The van der Waals surface area contributed by atoms with Gasteiger partial charge in [0.1, 0.15) is 0 Å². The Morgan fingerprint density at radius 2 is 1.83 bits per heavy atom. The summed E-state index contributed by atoms with van der Waals surface area (Å²) < 4.78 is 5.32. The second-order valence-electron chi connectivity index (χ2n) is 9.77. The van der Waals surface area contributed by atoms with Gasteiger partial charge in [0, 0.05) is 6.92 Å². The predicted octanol–water partition coefficient (Wildman–Crippen LogP) is 6.09. The SMILES string of the molecule is C.CC(=O)OCC(C)C1CCC2C1CCC1C(C)(C)CCCC21C. The number of hydrogen-bond donors (Lipinski definition) is 0. The van der Waals surface area contributed by atoms with E-state index in [0.717, 1.165) is 23.7 Å². The van der Waals surface area contributed by atoms with Crippen molar-refractivity contribution in [2.75, 3.05) is 6.61 Å². The van der Waals surface area contributed by atoms with Gasteiger partial charge in [0.15, 0.2) is 0 Å². The van der Waals surface area contributed by atoms with E-state index in [1.54, 1.807) is 0 Å². The average molecular weight is 337 g/mol. The first-order valence-electron chi connectivity index (χ1n) is 9.89. The van der Waals surface area contributed by atoms with E-state index >= 15 is 0 Å². The Morgan fingerprint density at radius 3 is 2.50 bits per heavy atom. The number of hydrogen-bond acceptors (Lipinski definition) is 2. The van der Waals surface area contributed by atoms with Gasteiger partial charge in [-0.15, -0.1) is 0 Å². The van der Waals surface area contributed by atoms with Crippen LogP contribution in [0.15, 0.2) is 0 Å². The van der Waals surface area contributed by atoms with Gasteiger partial charge in [-0.25, -0.2) is 0 Å². The van der Waals surface area contributed by atoms with Crippen LogP contribution in [0.3, 0.4) is 0 Å². The van der Waals surface area contributed by atoms with Crippen LogP contribution in [-0.4, -0.2) is 12.6 Å². The Bertz CT molecular complexity index is 455. The third-order valence-corrected chi connectivity index (χ3v) is 8.07. The summed E-state index contributed by atoms with van der Waals surface area (Å²) in [6.45, 7) is 12.1. The van der Waals surface area contributed by atoms with Crippen molar-refractivity contribution in [3.8, 4) is 0 Å². The molecule has 3 aliphatic rings. The molecule has 0 aromatic heterocycles. The Labute approximate surface area is 150 Å². The highest BCUT2D eigenvalue weighted by Crippen LogP contribution is 2.65. The summed E-state index contributed by atoms with van der Waals surface area (Å²) in [5.74, 6) is 3.85. The average Bonchev–Trinajstić information content (AvgIpc) is 2.89. The summed E-state index contributed by atoms with van der Waals surface area (Å²) >= 11 is 0. The van der Waals surface area contributed by atoms with Crippen LogP contribution >= 0.6 is 0 Å². The summed E-state index contributed by atoms with van der Waals surface area (Å²) in [4.78, 5) is 11.1. The maximum atomic E-state index is 11.1. The van der Waals surface area contributed by atoms with E-state index in [9.17, 15) is 4.79 Å². The molecule has 0 N–H and O–H groups in total. The number of carbonyl (C=O) groups is 1. The molecule has 3 aliphatic carbocycles. The van der Waals surface area contributed by atoms with Crippen LogP contribution < -0.4 is 0 Å². The molecule has 0 saturated heterocycles. The quantitative estimate of drug-likeness (QED) is 0.583. The van der Waals surface area contributed by atoms with Gasteiger partial charge in [-0.05, 0) is 78.9 Å². The lowest BCUT2D eigenvalue weighted by Crippen LogP contribution is -2.51. The molecule has 0 aromatic carbocycles. The fourth-order valence-corrected chi connectivity index (χ4v) is 7.10. The van der Waals surface area contributed by atoms with Gasteiger partial charge in [-0.1, -0.05) is 41.5 Å². The first-order valence-corrected chi connectivity index (χ1v) is 9.89. The van der Waals surface area contributed by atoms with E-state index in [-0.39, 0.29) is 13.4 Å². The summed E-state index contributed by atoms with van der Waals surface area (Å²) in [6.07, 6.45) is 9.84. The van der Waals surface area contributed by atoms with Gasteiger partial charge in [0.05, 0.1) is 6.61 Å². The number of esters is 1. The maximum Gasteiger partial charge on any atom is 0.302 e. The molecule has 2 heteroatoms. The Kier molecular flexibility index (Phi) is 5.77. The lowest BCUT2D eigenvalue weighted by Gasteiger charge is -2.59. The van der Waals surface area contributed by atoms with Gasteiger partial charge in [-0.2, -0.15) is 0 Å². The highest BCUT2D eigenvalue weighted by Gasteiger charge is 2.57. The van der Waals surface area contributed by atoms with Crippen LogP contribution in [0.5, 0.6) is 0 Å². The molecule has 0 radical (unpaired) electrons. The fourth-order valence-electron chi connectivity index (χ4n) is 7.10. The van der Waals surface area contributed by atoms with Crippen LogP contribution in [0.4, 0.5) is 0 Å². The van der Waals surface area contributed by atoms with Crippen molar-refractivity contribution < 1.29 is 9.53 Å². The monoisotopic (exact) mass is 336 g/mol. The molecule has 24 heavy (non-hydrogen) atoms. The highest BCUT2D eigenvalue weighted by molar-refractivity contribution is 5.65. The Balaban J connectivity index is 0.00000208. The van der Waals surface area contributed by atoms with E-state index < -0.39 is 0 Å². The minimum Gasteiger partial charge on any atom is -0.466 e. The number of ether oxygens (including phenoxy) is 1. The third kappa shape index (κ3) is 3.27. The van der Waals surface area contributed by atoms with Crippen molar-refractivity contribution >= 4 is 5.97 Å². The molecule has 0 aromatic rings. The fraction of sp³-hybridized carbons (Fsp3) is 0.955. The molecule has 3 rings (SSSR count). The Hall–Kier alpha value is -0.530. The number of rotatable bonds is 3. The normalized spacial score (nSPS) is 41.5. The molecular formula is C22H40O2. The molecule has 2 nitrogen and oxygen atoms in total. The topological polar surface area (TPSA) is 26.3 Å². The maximum absolute atomic E-state index is 11.1. The molecular weight excluding hydrogens is 296 g/mol. The van der Waals surface area contributed by atoms with E-state index in [0.29, 0.717) is 23.4 Å². The van der Waals surface area contributed by atoms with Crippen molar-refractivity contribution in [1.29, 1.82) is 0 Å². The third-order valence-electron chi connectivity index (χ3n) is 8.07. The summed E-state index contributed by atoms with van der Waals surface area (Å²) in [7, 11) is 0. The zero-order valence-corrected chi connectivity index (χ0v) is 15.9. The molecule has 3 fully saturated rings. The smallest absolute Gasteiger partial charge is 0.302 e. The van der Waals surface area contributed by atoms with Crippen molar-refractivity contribution in [2.24, 2.45) is 40.4 Å². The van der Waals surface area contributed by atoms with Crippen molar-refractivity contribution in [1.82, 2.24) is 0 Å². The predicted molar refractivity (Wildman–Crippen MR) is 101 cm³/mol. The van der Waals surface area contributed by atoms with Crippen LogP contribution in [-0.2, 0) is 9.53 Å². The summed E-state index contributed by atoms with van der Waals surface area (Å²) in [5, 5.41) is 0. The molecule has 3 saturated carbocycles. The van der Waals surface area contributed by atoms with E-state index in [4.69, 9.17) is 4.74 Å². The van der Waals surface area contributed by atoms with Crippen molar-refractivity contribution in [3.05, 3.63) is 0 Å². The van der Waals surface area contributed by atoms with Crippen molar-refractivity contribution in [3.63, 3.8) is 0 Å². The largest absolute Gasteiger partial charge is 0.466 e. The van der Waals surface area contributed by atoms with Crippen LogP contribution in [0.1, 0.15) is 87.0 Å². The van der Waals surface area contributed by atoms with Crippen LogP contribution in [0.25, 0.3) is 0 Å². The molecule has 0 amide bonds. The van der Waals surface area contributed by atoms with Crippen LogP contribution in [0, 0.1) is 40.4 Å². The van der Waals surface area contributed by atoms with Gasteiger partial charge in [0.25, 0.3) is 0 Å². The van der Waals surface area contributed by atoms with Gasteiger partial charge in [-0.3, -0.25) is 4.79 Å². The molecule has 0 spiro atoms. The van der Waals surface area contributed by atoms with E-state index in [1.165, 1.54) is 51.9 Å². The lowest BCUT2D eigenvalue weighted by molar-refractivity contribution is -0.143. The van der Waals surface area contributed by atoms with E-state index in [1.807, 2.05) is 0 Å². The molecule has 6 unspecified atom stereocenters. The van der Waals surface area contributed by atoms with Crippen molar-refractivity contribution in [2.45, 2.75) is 87.0 Å². The molecule has 0 bridgehead atoms. The Morgan fingerprint density at radius 1 is 1.12 bits per heavy atom. The number of fused-ring (bicyclic) bond motifs is 3. The molecule has 6 atom stereocenters. The first kappa shape index (κ1) is 19.8. The lowest BCUT2D eigenvalue weighted by atomic mass is 9.46. The molecule has 0 heterocycles. The van der Waals surface area contributed by atoms with Gasteiger partial charge in [0.2, 0.25) is 0 Å². The van der Waals surface area contributed by atoms with Crippen LogP contribution in [0.2, 0.25) is 0 Å². The first-order chi connectivity index (χ1) is 10.8. The van der Waals surface area contributed by atoms with Gasteiger partial charge >= 0.3 is 5.97 Å². The van der Waals surface area contributed by atoms with E-state index in [2.05, 4.69) is 27.7 Å². The molecule has 0 aliphatic heterocycles. The second kappa shape index (κ2) is 7.00. The number of carbonyl (C=O) groups excluding carboxylic acids is 1. The zero-order chi connectivity index (χ0) is 16.8. The zero-order valence-electron chi connectivity index (χ0n) is 15.9. The summed E-state index contributed by atoms with van der Waals surface area (Å²) in [5.41, 5.74) is 1.08. The second-order valence-corrected chi connectivity index (χ2v) is 9.77. The standard InChI is InChI=1S/C21H36O2.CH4/c1-14(13-23-15(2)22)16-7-9-18-17(16)8-10-19-20(3,4)11-6-12-21(18,19)5;/h14,16-19H,6-13H2,1-5H3;1H4. The minimum absolute atomic E-state index is 0.